The lowest BCUT2D eigenvalue weighted by molar-refractivity contribution is -0.121. The third kappa shape index (κ3) is 4.73. The van der Waals surface area contributed by atoms with Gasteiger partial charge in [-0.3, -0.25) is 4.79 Å². The third-order valence-corrected chi connectivity index (χ3v) is 6.12. The van der Waals surface area contributed by atoms with E-state index < -0.39 is 0 Å². The zero-order valence-electron chi connectivity index (χ0n) is 12.9. The summed E-state index contributed by atoms with van der Waals surface area (Å²) in [7, 11) is 0. The molecule has 3 rings (SSSR count). The standard InChI is InChI=1S/C17H18N2OS3/c1-12-19-15(11-22-12)16-4-3-14(23-16)6-8-18-17(20)5-2-13-7-9-21-10-13/h3-4,7,9-11H,2,5-6,8H2,1H3,(H,18,20). The zero-order chi connectivity index (χ0) is 16.1. The summed E-state index contributed by atoms with van der Waals surface area (Å²) >= 11 is 5.10. The van der Waals surface area contributed by atoms with Crippen LogP contribution in [0.3, 0.4) is 0 Å². The topological polar surface area (TPSA) is 42.0 Å². The minimum atomic E-state index is 0.128. The molecule has 0 aliphatic rings. The van der Waals surface area contributed by atoms with E-state index in [2.05, 4.69) is 39.3 Å². The van der Waals surface area contributed by atoms with E-state index in [4.69, 9.17) is 0 Å². The van der Waals surface area contributed by atoms with Crippen LogP contribution in [-0.2, 0) is 17.6 Å². The first-order valence-electron chi connectivity index (χ1n) is 7.50. The highest BCUT2D eigenvalue weighted by Gasteiger charge is 2.07. The Bertz CT molecular complexity index is 759. The van der Waals surface area contributed by atoms with Crippen LogP contribution in [0.2, 0.25) is 0 Å². The molecule has 23 heavy (non-hydrogen) atoms. The Hall–Kier alpha value is -1.50. The maximum atomic E-state index is 11.8. The van der Waals surface area contributed by atoms with Gasteiger partial charge in [0.1, 0.15) is 0 Å². The molecule has 1 N–H and O–H groups in total. The number of amides is 1. The van der Waals surface area contributed by atoms with Crippen LogP contribution in [0.1, 0.15) is 21.9 Å². The average molecular weight is 363 g/mol. The normalized spacial score (nSPS) is 10.8. The average Bonchev–Trinajstić information content (AvgIpc) is 3.26. The summed E-state index contributed by atoms with van der Waals surface area (Å²) in [5.74, 6) is 0.128. The molecule has 6 heteroatoms. The van der Waals surface area contributed by atoms with Crippen molar-refractivity contribution in [2.75, 3.05) is 6.54 Å². The number of hydrogen-bond acceptors (Lipinski definition) is 5. The van der Waals surface area contributed by atoms with Crippen molar-refractivity contribution in [3.63, 3.8) is 0 Å². The Labute approximate surface area is 148 Å². The van der Waals surface area contributed by atoms with Crippen molar-refractivity contribution in [2.24, 2.45) is 0 Å². The molecule has 1 amide bonds. The van der Waals surface area contributed by atoms with Gasteiger partial charge in [-0.05, 0) is 54.3 Å². The summed E-state index contributed by atoms with van der Waals surface area (Å²) in [6, 6.07) is 6.32. The number of hydrogen-bond donors (Lipinski definition) is 1. The van der Waals surface area contributed by atoms with E-state index >= 15 is 0 Å². The molecule has 0 bridgehead atoms. The fourth-order valence-electron chi connectivity index (χ4n) is 2.23. The predicted molar refractivity (Wildman–Crippen MR) is 99.5 cm³/mol. The number of rotatable bonds is 7. The van der Waals surface area contributed by atoms with Gasteiger partial charge in [0.25, 0.3) is 0 Å². The SMILES string of the molecule is Cc1nc(-c2ccc(CCNC(=O)CCc3ccsc3)s2)cs1. The van der Waals surface area contributed by atoms with Crippen molar-refractivity contribution < 1.29 is 4.79 Å². The highest BCUT2D eigenvalue weighted by molar-refractivity contribution is 7.16. The Kier molecular flexibility index (Phi) is 5.59. The van der Waals surface area contributed by atoms with Gasteiger partial charge >= 0.3 is 0 Å². The zero-order valence-corrected chi connectivity index (χ0v) is 15.3. The summed E-state index contributed by atoms with van der Waals surface area (Å²) in [5, 5.41) is 10.3. The lowest BCUT2D eigenvalue weighted by Crippen LogP contribution is -2.25. The van der Waals surface area contributed by atoms with E-state index in [0.29, 0.717) is 13.0 Å². The summed E-state index contributed by atoms with van der Waals surface area (Å²) < 4.78 is 0. The molecule has 0 atom stereocenters. The second-order valence-corrected chi connectivity index (χ2v) is 8.26. The molecule has 3 heterocycles. The first kappa shape index (κ1) is 16.4. The molecule has 0 spiro atoms. The molecule has 0 aromatic carbocycles. The van der Waals surface area contributed by atoms with E-state index in [1.54, 1.807) is 34.0 Å². The van der Waals surface area contributed by atoms with Crippen molar-refractivity contribution in [1.82, 2.24) is 10.3 Å². The van der Waals surface area contributed by atoms with Gasteiger partial charge in [-0.2, -0.15) is 11.3 Å². The molecule has 0 aliphatic heterocycles. The molecule has 3 aromatic heterocycles. The Balaban J connectivity index is 1.42. The molecule has 0 unspecified atom stereocenters. The van der Waals surface area contributed by atoms with Crippen LogP contribution in [0.25, 0.3) is 10.6 Å². The maximum absolute atomic E-state index is 11.8. The second kappa shape index (κ2) is 7.86. The fourth-order valence-corrected chi connectivity index (χ4v) is 4.59. The highest BCUT2D eigenvalue weighted by atomic mass is 32.1. The monoisotopic (exact) mass is 362 g/mol. The summed E-state index contributed by atoms with van der Waals surface area (Å²) in [5.41, 5.74) is 2.30. The minimum absolute atomic E-state index is 0.128. The van der Waals surface area contributed by atoms with Gasteiger partial charge in [-0.25, -0.2) is 4.98 Å². The van der Waals surface area contributed by atoms with E-state index in [9.17, 15) is 4.79 Å². The minimum Gasteiger partial charge on any atom is -0.356 e. The van der Waals surface area contributed by atoms with E-state index in [-0.39, 0.29) is 5.91 Å². The Morgan fingerprint density at radius 3 is 2.87 bits per heavy atom. The van der Waals surface area contributed by atoms with E-state index in [0.717, 1.165) is 23.5 Å². The van der Waals surface area contributed by atoms with Gasteiger partial charge in [0, 0.05) is 23.2 Å². The number of nitrogens with one attached hydrogen (secondary N) is 1. The number of nitrogens with zero attached hydrogens (tertiary/aromatic N) is 1. The molecule has 3 nitrogen and oxygen atoms in total. The van der Waals surface area contributed by atoms with Crippen molar-refractivity contribution >= 4 is 39.9 Å². The van der Waals surface area contributed by atoms with Crippen LogP contribution in [0, 0.1) is 6.92 Å². The lowest BCUT2D eigenvalue weighted by atomic mass is 10.2. The number of thiophene rings is 2. The van der Waals surface area contributed by atoms with E-state index in [1.807, 2.05) is 12.3 Å². The number of thiazole rings is 1. The second-order valence-electron chi connectivity index (χ2n) is 5.25. The quantitative estimate of drug-likeness (QED) is 0.671. The molecule has 3 aromatic rings. The predicted octanol–water partition coefficient (Wildman–Crippen LogP) is 4.53. The Morgan fingerprint density at radius 2 is 2.13 bits per heavy atom. The van der Waals surface area contributed by atoms with Crippen LogP contribution >= 0.6 is 34.0 Å². The van der Waals surface area contributed by atoms with Gasteiger partial charge in [-0.1, -0.05) is 0 Å². The van der Waals surface area contributed by atoms with Crippen molar-refractivity contribution in [1.29, 1.82) is 0 Å². The van der Waals surface area contributed by atoms with Crippen molar-refractivity contribution in [2.45, 2.75) is 26.2 Å². The van der Waals surface area contributed by atoms with Crippen LogP contribution in [0.4, 0.5) is 0 Å². The number of aryl methyl sites for hydroxylation is 2. The van der Waals surface area contributed by atoms with Crippen molar-refractivity contribution in [3.05, 3.63) is 49.8 Å². The van der Waals surface area contributed by atoms with Crippen LogP contribution in [0.15, 0.2) is 34.3 Å². The van der Waals surface area contributed by atoms with Gasteiger partial charge in [0.05, 0.1) is 15.6 Å². The third-order valence-electron chi connectivity index (χ3n) is 3.45. The van der Waals surface area contributed by atoms with Gasteiger partial charge < -0.3 is 5.32 Å². The first-order chi connectivity index (χ1) is 11.2. The lowest BCUT2D eigenvalue weighted by Gasteiger charge is -2.03. The smallest absolute Gasteiger partial charge is 0.220 e. The van der Waals surface area contributed by atoms with Crippen LogP contribution < -0.4 is 5.32 Å². The molecule has 0 radical (unpaired) electrons. The van der Waals surface area contributed by atoms with E-state index in [1.165, 1.54) is 15.3 Å². The maximum Gasteiger partial charge on any atom is 0.220 e. The summed E-state index contributed by atoms with van der Waals surface area (Å²) in [6.07, 6.45) is 2.25. The number of aromatic nitrogens is 1. The molecule has 0 aliphatic carbocycles. The Morgan fingerprint density at radius 1 is 1.22 bits per heavy atom. The van der Waals surface area contributed by atoms with Gasteiger partial charge in [-0.15, -0.1) is 22.7 Å². The van der Waals surface area contributed by atoms with Gasteiger partial charge in [0.2, 0.25) is 5.91 Å². The first-order valence-corrected chi connectivity index (χ1v) is 10.1. The summed E-state index contributed by atoms with van der Waals surface area (Å²) in [4.78, 5) is 18.8. The number of carbonyl (C=O) groups excluding carboxylic acids is 1. The van der Waals surface area contributed by atoms with Gasteiger partial charge in [0.15, 0.2) is 0 Å². The fraction of sp³-hybridized carbons (Fsp3) is 0.294. The molecular formula is C17H18N2OS3. The number of carbonyl (C=O) groups is 1. The molecular weight excluding hydrogens is 344 g/mol. The summed E-state index contributed by atoms with van der Waals surface area (Å²) in [6.45, 7) is 2.72. The highest BCUT2D eigenvalue weighted by Crippen LogP contribution is 2.29. The van der Waals surface area contributed by atoms with Crippen LogP contribution in [-0.4, -0.2) is 17.4 Å². The molecule has 0 saturated carbocycles. The largest absolute Gasteiger partial charge is 0.356 e. The molecule has 0 saturated heterocycles. The molecule has 120 valence electrons. The van der Waals surface area contributed by atoms with Crippen LogP contribution in [0.5, 0.6) is 0 Å². The molecule has 0 fully saturated rings. The van der Waals surface area contributed by atoms with Crippen molar-refractivity contribution in [3.8, 4) is 10.6 Å².